The van der Waals surface area contributed by atoms with Crippen LogP contribution in [0.2, 0.25) is 0 Å². The fourth-order valence-corrected chi connectivity index (χ4v) is 2.59. The van der Waals surface area contributed by atoms with E-state index in [2.05, 4.69) is 11.8 Å². The molecular formula is C20H25NO2. The molecule has 0 saturated carbocycles. The van der Waals surface area contributed by atoms with E-state index in [1.54, 1.807) is 7.11 Å². The monoisotopic (exact) mass is 311 g/mol. The third kappa shape index (κ3) is 4.42. The Hall–Kier alpha value is -2.13. The number of hydrogen-bond donors (Lipinski definition) is 0. The van der Waals surface area contributed by atoms with Gasteiger partial charge in [-0.05, 0) is 57.3 Å². The molecule has 2 aromatic rings. The average Bonchev–Trinajstić information content (AvgIpc) is 2.59. The molecule has 2 unspecified atom stereocenters. The Morgan fingerprint density at radius 1 is 1.04 bits per heavy atom. The van der Waals surface area contributed by atoms with E-state index in [0.29, 0.717) is 6.04 Å². The van der Waals surface area contributed by atoms with Gasteiger partial charge in [0, 0.05) is 17.5 Å². The Bertz CT molecular complexity index is 620. The van der Waals surface area contributed by atoms with E-state index in [1.807, 2.05) is 68.7 Å². The van der Waals surface area contributed by atoms with Gasteiger partial charge < -0.3 is 9.64 Å². The summed E-state index contributed by atoms with van der Waals surface area (Å²) < 4.78 is 5.17. The van der Waals surface area contributed by atoms with E-state index < -0.39 is 0 Å². The molecule has 3 nitrogen and oxygen atoms in total. The second-order valence-corrected chi connectivity index (χ2v) is 6.10. The molecule has 0 N–H and O–H groups in total. The van der Waals surface area contributed by atoms with Gasteiger partial charge >= 0.3 is 0 Å². The Morgan fingerprint density at radius 2 is 1.65 bits per heavy atom. The van der Waals surface area contributed by atoms with Crippen molar-refractivity contribution < 1.29 is 9.53 Å². The van der Waals surface area contributed by atoms with Crippen LogP contribution in [0.5, 0.6) is 5.75 Å². The van der Waals surface area contributed by atoms with Crippen molar-refractivity contribution in [2.45, 2.75) is 25.3 Å². The quantitative estimate of drug-likeness (QED) is 0.724. The topological polar surface area (TPSA) is 29.5 Å². The van der Waals surface area contributed by atoms with E-state index in [0.717, 1.165) is 23.3 Å². The van der Waals surface area contributed by atoms with Crippen LogP contribution in [0, 0.1) is 0 Å². The number of hydrogen-bond acceptors (Lipinski definition) is 3. The highest BCUT2D eigenvalue weighted by atomic mass is 16.5. The summed E-state index contributed by atoms with van der Waals surface area (Å²) in [6.45, 7) is 2.15. The third-order valence-electron chi connectivity index (χ3n) is 4.35. The van der Waals surface area contributed by atoms with Crippen LogP contribution in [0.15, 0.2) is 54.6 Å². The molecule has 23 heavy (non-hydrogen) atoms. The van der Waals surface area contributed by atoms with Crippen molar-refractivity contribution in [3.8, 4) is 5.75 Å². The van der Waals surface area contributed by atoms with Crippen molar-refractivity contribution in [3.63, 3.8) is 0 Å². The van der Waals surface area contributed by atoms with Crippen LogP contribution in [-0.2, 0) is 0 Å². The summed E-state index contributed by atoms with van der Waals surface area (Å²) in [5.41, 5.74) is 1.80. The van der Waals surface area contributed by atoms with E-state index in [1.165, 1.54) is 0 Å². The normalized spacial score (nSPS) is 13.6. The molecule has 122 valence electrons. The van der Waals surface area contributed by atoms with Gasteiger partial charge in [-0.2, -0.15) is 0 Å². The maximum absolute atomic E-state index is 13.0. The number of ether oxygens (including phenoxy) is 1. The van der Waals surface area contributed by atoms with Crippen LogP contribution in [0.3, 0.4) is 0 Å². The fraction of sp³-hybridized carbons (Fsp3) is 0.350. The summed E-state index contributed by atoms with van der Waals surface area (Å²) in [6, 6.07) is 17.7. The predicted octanol–water partition coefficient (Wildman–Crippen LogP) is 4.00. The molecule has 0 amide bonds. The molecular weight excluding hydrogens is 286 g/mol. The first-order valence-corrected chi connectivity index (χ1v) is 7.92. The van der Waals surface area contributed by atoms with Crippen LogP contribution in [0.25, 0.3) is 0 Å². The number of nitrogens with zero attached hydrogens (tertiary/aromatic N) is 1. The van der Waals surface area contributed by atoms with Crippen molar-refractivity contribution in [1.29, 1.82) is 0 Å². The van der Waals surface area contributed by atoms with Gasteiger partial charge in [0.25, 0.3) is 0 Å². The summed E-state index contributed by atoms with van der Waals surface area (Å²) in [5, 5.41) is 0. The minimum absolute atomic E-state index is 0.137. The lowest BCUT2D eigenvalue weighted by atomic mass is 9.85. The number of methoxy groups -OCH3 is 1. The number of ketones is 1. The summed E-state index contributed by atoms with van der Waals surface area (Å²) in [6.07, 6.45) is 0.794. The zero-order valence-electron chi connectivity index (χ0n) is 14.3. The Balaban J connectivity index is 2.30. The van der Waals surface area contributed by atoms with E-state index >= 15 is 0 Å². The van der Waals surface area contributed by atoms with Gasteiger partial charge in [0.05, 0.1) is 7.11 Å². The van der Waals surface area contributed by atoms with Crippen molar-refractivity contribution >= 4 is 5.78 Å². The van der Waals surface area contributed by atoms with Crippen LogP contribution in [-0.4, -0.2) is 37.9 Å². The molecule has 0 saturated heterocycles. The van der Waals surface area contributed by atoms with Gasteiger partial charge in [0.15, 0.2) is 5.78 Å². The highest BCUT2D eigenvalue weighted by Crippen LogP contribution is 2.27. The van der Waals surface area contributed by atoms with E-state index in [9.17, 15) is 4.79 Å². The summed E-state index contributed by atoms with van der Waals surface area (Å²) in [7, 11) is 5.72. The lowest BCUT2D eigenvalue weighted by molar-refractivity contribution is 0.0941. The van der Waals surface area contributed by atoms with Gasteiger partial charge in [-0.3, -0.25) is 4.79 Å². The Morgan fingerprint density at radius 3 is 2.17 bits per heavy atom. The fourth-order valence-electron chi connectivity index (χ4n) is 2.59. The number of benzene rings is 2. The van der Waals surface area contributed by atoms with Gasteiger partial charge in [-0.15, -0.1) is 0 Å². The molecule has 0 radical (unpaired) electrons. The van der Waals surface area contributed by atoms with Gasteiger partial charge in [0.2, 0.25) is 0 Å². The highest BCUT2D eigenvalue weighted by Gasteiger charge is 2.24. The largest absolute Gasteiger partial charge is 0.497 e. The Kier molecular flexibility index (Phi) is 5.94. The number of rotatable bonds is 7. The maximum atomic E-state index is 13.0. The number of carbonyl (C=O) groups is 1. The molecule has 2 rings (SSSR count). The average molecular weight is 311 g/mol. The zero-order chi connectivity index (χ0) is 16.8. The van der Waals surface area contributed by atoms with E-state index in [-0.39, 0.29) is 11.7 Å². The van der Waals surface area contributed by atoms with Gasteiger partial charge in [-0.25, -0.2) is 0 Å². The molecule has 0 aliphatic heterocycles. The van der Waals surface area contributed by atoms with Crippen molar-refractivity contribution in [3.05, 3.63) is 65.7 Å². The molecule has 0 aliphatic carbocycles. The number of carbonyl (C=O) groups excluding carboxylic acids is 1. The van der Waals surface area contributed by atoms with Gasteiger partial charge in [-0.1, -0.05) is 30.3 Å². The minimum atomic E-state index is -0.137. The van der Waals surface area contributed by atoms with E-state index in [4.69, 9.17) is 4.74 Å². The van der Waals surface area contributed by atoms with Crippen molar-refractivity contribution in [2.24, 2.45) is 0 Å². The van der Waals surface area contributed by atoms with Crippen LogP contribution >= 0.6 is 0 Å². The van der Waals surface area contributed by atoms with Crippen LogP contribution in [0.1, 0.15) is 35.2 Å². The number of Topliss-reactive ketones (excluding diaryl/α,β-unsaturated/α-hetero) is 1. The molecule has 0 spiro atoms. The second-order valence-electron chi connectivity index (χ2n) is 6.10. The lowest BCUT2D eigenvalue weighted by Crippen LogP contribution is -2.29. The molecule has 0 fully saturated rings. The first-order chi connectivity index (χ1) is 11.0. The molecule has 2 atom stereocenters. The summed E-state index contributed by atoms with van der Waals surface area (Å²) in [5.74, 6) is 0.786. The molecule has 2 aromatic carbocycles. The molecule has 0 heterocycles. The highest BCUT2D eigenvalue weighted by molar-refractivity contribution is 6.01. The molecule has 0 aliphatic rings. The molecule has 0 aromatic heterocycles. The van der Waals surface area contributed by atoms with Crippen LogP contribution in [0.4, 0.5) is 0 Å². The first kappa shape index (κ1) is 17.2. The standard InChI is InChI=1S/C20H25NO2/c1-15(21(2)3)14-19(16-8-6-5-7-9-16)20(22)17-10-12-18(23-4)13-11-17/h5-13,15,19H,14H2,1-4H3. The second kappa shape index (κ2) is 7.93. The molecule has 3 heteroatoms. The van der Waals surface area contributed by atoms with Gasteiger partial charge in [0.1, 0.15) is 5.75 Å². The first-order valence-electron chi connectivity index (χ1n) is 7.92. The van der Waals surface area contributed by atoms with Crippen molar-refractivity contribution in [1.82, 2.24) is 4.90 Å². The predicted molar refractivity (Wildman–Crippen MR) is 94.3 cm³/mol. The Labute approximate surface area is 138 Å². The summed E-state index contributed by atoms with van der Waals surface area (Å²) >= 11 is 0. The lowest BCUT2D eigenvalue weighted by Gasteiger charge is -2.25. The molecule has 0 bridgehead atoms. The minimum Gasteiger partial charge on any atom is -0.497 e. The van der Waals surface area contributed by atoms with Crippen molar-refractivity contribution in [2.75, 3.05) is 21.2 Å². The zero-order valence-corrected chi connectivity index (χ0v) is 14.3. The maximum Gasteiger partial charge on any atom is 0.170 e. The smallest absolute Gasteiger partial charge is 0.170 e. The van der Waals surface area contributed by atoms with Crippen LogP contribution < -0.4 is 4.74 Å². The summed E-state index contributed by atoms with van der Waals surface area (Å²) in [4.78, 5) is 15.2. The SMILES string of the molecule is COc1ccc(C(=O)C(CC(C)N(C)C)c2ccccc2)cc1. The third-order valence-corrected chi connectivity index (χ3v) is 4.35.